The highest BCUT2D eigenvalue weighted by atomic mass is 16.5. The average Bonchev–Trinajstić information content (AvgIpc) is 3.29. The molecule has 0 aliphatic carbocycles. The molecule has 0 saturated carbocycles. The van der Waals surface area contributed by atoms with Crippen LogP contribution in [0.2, 0.25) is 0 Å². The molecule has 182 valence electrons. The van der Waals surface area contributed by atoms with Crippen molar-refractivity contribution in [3.05, 3.63) is 52.0 Å². The fraction of sp³-hybridized carbons (Fsp3) is 0.500. The van der Waals surface area contributed by atoms with Gasteiger partial charge >= 0.3 is 0 Å². The monoisotopic (exact) mass is 468 g/mol. The second-order valence-electron chi connectivity index (χ2n) is 9.25. The van der Waals surface area contributed by atoms with Gasteiger partial charge in [0.2, 0.25) is 11.8 Å². The number of carbonyl (C=O) groups excluding carboxylic acids is 2. The quantitative estimate of drug-likeness (QED) is 0.364. The van der Waals surface area contributed by atoms with E-state index in [0.717, 1.165) is 19.3 Å². The van der Waals surface area contributed by atoms with Gasteiger partial charge in [0.15, 0.2) is 11.5 Å². The number of hydrogen-bond donors (Lipinski definition) is 2. The van der Waals surface area contributed by atoms with E-state index >= 15 is 0 Å². The summed E-state index contributed by atoms with van der Waals surface area (Å²) >= 11 is 0. The van der Waals surface area contributed by atoms with E-state index < -0.39 is 5.91 Å². The summed E-state index contributed by atoms with van der Waals surface area (Å²) in [4.78, 5) is 42.1. The van der Waals surface area contributed by atoms with Crippen molar-refractivity contribution in [2.75, 3.05) is 0 Å². The van der Waals surface area contributed by atoms with E-state index in [1.807, 2.05) is 20.8 Å². The Balaban J connectivity index is 1.60. The number of unbranched alkanes of at least 4 members (excludes halogenated alkanes) is 2. The lowest BCUT2D eigenvalue weighted by Gasteiger charge is -2.12. The minimum absolute atomic E-state index is 0.0903. The molecule has 0 spiro atoms. The van der Waals surface area contributed by atoms with E-state index in [2.05, 4.69) is 33.0 Å². The first-order chi connectivity index (χ1) is 16.2. The Morgan fingerprint density at radius 3 is 2.47 bits per heavy atom. The number of aromatic nitrogens is 4. The van der Waals surface area contributed by atoms with Gasteiger partial charge in [-0.25, -0.2) is 4.68 Å². The van der Waals surface area contributed by atoms with Gasteiger partial charge in [-0.05, 0) is 18.9 Å². The fourth-order valence-corrected chi connectivity index (χ4v) is 3.38. The predicted octanol–water partition coefficient (Wildman–Crippen LogP) is 3.05. The van der Waals surface area contributed by atoms with Crippen LogP contribution in [0.1, 0.15) is 82.0 Å². The first-order valence-electron chi connectivity index (χ1n) is 11.6. The summed E-state index contributed by atoms with van der Waals surface area (Å²) in [6.07, 6.45) is 3.86. The molecule has 2 aromatic heterocycles. The summed E-state index contributed by atoms with van der Waals surface area (Å²) in [6, 6.07) is 6.83. The fourth-order valence-electron chi connectivity index (χ4n) is 3.38. The topological polar surface area (TPSA) is 132 Å². The second kappa shape index (κ2) is 11.0. The van der Waals surface area contributed by atoms with Gasteiger partial charge in [0, 0.05) is 30.2 Å². The molecular weight excluding hydrogens is 436 g/mol. The number of fused-ring (bicyclic) bond motifs is 1. The van der Waals surface area contributed by atoms with Gasteiger partial charge in [0.1, 0.15) is 0 Å². The van der Waals surface area contributed by atoms with Crippen LogP contribution < -0.4 is 16.4 Å². The van der Waals surface area contributed by atoms with Crippen molar-refractivity contribution >= 4 is 22.6 Å². The maximum Gasteiger partial charge on any atom is 0.290 e. The summed E-state index contributed by atoms with van der Waals surface area (Å²) in [6.45, 7) is 8.48. The highest BCUT2D eigenvalue weighted by molar-refractivity contribution is 6.05. The lowest BCUT2D eigenvalue weighted by atomic mass is 9.96. The molecule has 34 heavy (non-hydrogen) atoms. The van der Waals surface area contributed by atoms with Crippen LogP contribution in [0.3, 0.4) is 0 Å². The summed E-state index contributed by atoms with van der Waals surface area (Å²) in [7, 11) is 0. The molecule has 2 N–H and O–H groups in total. The van der Waals surface area contributed by atoms with Crippen molar-refractivity contribution in [1.29, 1.82) is 0 Å². The third-order valence-corrected chi connectivity index (χ3v) is 5.31. The molecule has 3 aromatic rings. The van der Waals surface area contributed by atoms with Crippen LogP contribution in [-0.4, -0.2) is 31.7 Å². The molecule has 0 bridgehead atoms. The van der Waals surface area contributed by atoms with Crippen LogP contribution in [0.25, 0.3) is 10.8 Å². The molecule has 0 aliphatic heterocycles. The zero-order valence-corrected chi connectivity index (χ0v) is 20.2. The second-order valence-corrected chi connectivity index (χ2v) is 9.25. The first kappa shape index (κ1) is 25.1. The predicted molar refractivity (Wildman–Crippen MR) is 127 cm³/mol. The number of amides is 2. The molecule has 0 radical (unpaired) electrons. The Kier molecular flexibility index (Phi) is 8.14. The third-order valence-electron chi connectivity index (χ3n) is 5.31. The van der Waals surface area contributed by atoms with E-state index in [0.29, 0.717) is 41.9 Å². The summed E-state index contributed by atoms with van der Waals surface area (Å²) in [5.74, 6) is 0.155. The maximum absolute atomic E-state index is 12.8. The van der Waals surface area contributed by atoms with Crippen LogP contribution in [0.4, 0.5) is 0 Å². The number of carbonyl (C=O) groups is 2. The maximum atomic E-state index is 12.8. The van der Waals surface area contributed by atoms with E-state index in [1.165, 1.54) is 4.68 Å². The van der Waals surface area contributed by atoms with Crippen LogP contribution in [0.15, 0.2) is 33.6 Å². The Morgan fingerprint density at radius 2 is 1.79 bits per heavy atom. The first-order valence-corrected chi connectivity index (χ1v) is 11.6. The van der Waals surface area contributed by atoms with Gasteiger partial charge in [0.05, 0.1) is 5.39 Å². The number of nitrogens with zero attached hydrogens (tertiary/aromatic N) is 4. The van der Waals surface area contributed by atoms with Gasteiger partial charge in [-0.3, -0.25) is 25.2 Å². The molecule has 0 fully saturated rings. The third kappa shape index (κ3) is 6.27. The zero-order valence-electron chi connectivity index (χ0n) is 20.2. The van der Waals surface area contributed by atoms with Crippen LogP contribution in [-0.2, 0) is 23.2 Å². The van der Waals surface area contributed by atoms with Crippen molar-refractivity contribution in [2.45, 2.75) is 78.2 Å². The molecule has 3 rings (SSSR count). The Bertz CT molecular complexity index is 1210. The summed E-state index contributed by atoms with van der Waals surface area (Å²) < 4.78 is 6.55. The Morgan fingerprint density at radius 1 is 1.06 bits per heavy atom. The largest absolute Gasteiger partial charge is 0.339 e. The summed E-state index contributed by atoms with van der Waals surface area (Å²) in [5, 5.41) is 9.11. The lowest BCUT2D eigenvalue weighted by Crippen LogP contribution is -2.42. The molecule has 0 aliphatic rings. The van der Waals surface area contributed by atoms with E-state index in [9.17, 15) is 14.4 Å². The SMILES string of the molecule is CCCCCn1nc(C(=O)NNC(=O)CCCc2nc(C(C)(C)C)no2)c2ccccc2c1=O. The van der Waals surface area contributed by atoms with Crippen LogP contribution in [0, 0.1) is 0 Å². The highest BCUT2D eigenvalue weighted by Crippen LogP contribution is 2.19. The molecular formula is C24H32N6O4. The number of aryl methyl sites for hydroxylation is 2. The molecule has 0 atom stereocenters. The molecule has 0 unspecified atom stereocenters. The van der Waals surface area contributed by atoms with E-state index in [-0.39, 0.29) is 29.0 Å². The smallest absolute Gasteiger partial charge is 0.290 e. The van der Waals surface area contributed by atoms with Crippen LogP contribution >= 0.6 is 0 Å². The van der Waals surface area contributed by atoms with Crippen molar-refractivity contribution < 1.29 is 14.1 Å². The van der Waals surface area contributed by atoms with Gasteiger partial charge < -0.3 is 4.52 Å². The molecule has 2 amide bonds. The van der Waals surface area contributed by atoms with E-state index in [4.69, 9.17) is 4.52 Å². The van der Waals surface area contributed by atoms with Crippen LogP contribution in [0.5, 0.6) is 0 Å². The van der Waals surface area contributed by atoms with Crippen molar-refractivity contribution in [1.82, 2.24) is 30.8 Å². The molecule has 0 saturated heterocycles. The van der Waals surface area contributed by atoms with E-state index in [1.54, 1.807) is 24.3 Å². The zero-order chi connectivity index (χ0) is 24.7. The minimum Gasteiger partial charge on any atom is -0.339 e. The van der Waals surface area contributed by atoms with Gasteiger partial charge in [0.25, 0.3) is 11.5 Å². The lowest BCUT2D eigenvalue weighted by molar-refractivity contribution is -0.121. The average molecular weight is 469 g/mol. The standard InChI is InChI=1S/C24H32N6O4/c1-5-6-9-15-30-22(33)17-12-8-7-11-16(17)20(28-30)21(32)27-26-18(31)13-10-14-19-25-23(29-34-19)24(2,3)4/h7-8,11-12H,5-6,9-10,13-15H2,1-4H3,(H,26,31)(H,27,32). The number of rotatable bonds is 9. The minimum atomic E-state index is -0.583. The number of nitrogens with one attached hydrogen (secondary N) is 2. The molecule has 10 heteroatoms. The summed E-state index contributed by atoms with van der Waals surface area (Å²) in [5.41, 5.74) is 4.47. The Labute approximate surface area is 198 Å². The number of benzene rings is 1. The Hall–Kier alpha value is -3.56. The van der Waals surface area contributed by atoms with Crippen molar-refractivity contribution in [2.24, 2.45) is 0 Å². The number of hydrogen-bond acceptors (Lipinski definition) is 7. The van der Waals surface area contributed by atoms with Crippen molar-refractivity contribution in [3.8, 4) is 0 Å². The van der Waals surface area contributed by atoms with Gasteiger partial charge in [-0.1, -0.05) is 63.9 Å². The van der Waals surface area contributed by atoms with Gasteiger partial charge in [-0.15, -0.1) is 0 Å². The molecule has 1 aromatic carbocycles. The number of hydrazine groups is 1. The van der Waals surface area contributed by atoms with Gasteiger partial charge in [-0.2, -0.15) is 10.1 Å². The normalized spacial score (nSPS) is 11.5. The molecule has 2 heterocycles. The van der Waals surface area contributed by atoms with Crippen molar-refractivity contribution in [3.63, 3.8) is 0 Å². The molecule has 10 nitrogen and oxygen atoms in total. The highest BCUT2D eigenvalue weighted by Gasteiger charge is 2.21.